The first-order valence-corrected chi connectivity index (χ1v) is 10.4. The molecule has 6 saturated carbocycles. The van der Waals surface area contributed by atoms with E-state index in [-0.39, 0.29) is 11.4 Å². The fourth-order valence-electron chi connectivity index (χ4n) is 9.10. The van der Waals surface area contributed by atoms with Gasteiger partial charge in [-0.1, -0.05) is 27.2 Å². The number of esters is 1. The summed E-state index contributed by atoms with van der Waals surface area (Å²) in [6, 6.07) is 0. The van der Waals surface area contributed by atoms with Crippen LogP contribution in [0.15, 0.2) is 0 Å². The van der Waals surface area contributed by atoms with Gasteiger partial charge in [-0.25, -0.2) is 0 Å². The van der Waals surface area contributed by atoms with E-state index in [1.807, 2.05) is 0 Å². The third-order valence-corrected chi connectivity index (χ3v) is 10.3. The summed E-state index contributed by atoms with van der Waals surface area (Å²) in [7, 11) is 0. The SMILES string of the molecule is CC(=O)OC[C@]1(C)CCC[C@]2(C)[C@@H]1CC[C@H]1CC3(C)[C@@H]4CC12C[C@@H]43. The number of hydrogen-bond donors (Lipinski definition) is 0. The molecule has 2 unspecified atom stereocenters. The molecule has 2 heteroatoms. The summed E-state index contributed by atoms with van der Waals surface area (Å²) in [4.78, 5) is 11.4. The zero-order chi connectivity index (χ0) is 17.0. The molecule has 0 aliphatic heterocycles. The first-order chi connectivity index (χ1) is 11.3. The van der Waals surface area contributed by atoms with E-state index >= 15 is 0 Å². The van der Waals surface area contributed by atoms with E-state index in [0.29, 0.717) is 17.4 Å². The van der Waals surface area contributed by atoms with E-state index < -0.39 is 0 Å². The molecule has 6 aliphatic carbocycles. The van der Waals surface area contributed by atoms with Crippen LogP contribution in [-0.4, -0.2) is 12.6 Å². The predicted molar refractivity (Wildman–Crippen MR) is 94.3 cm³/mol. The number of ether oxygens (including phenoxy) is 1. The first-order valence-electron chi connectivity index (χ1n) is 10.4. The Labute approximate surface area is 147 Å². The molecular formula is C22H34O2. The number of rotatable bonds is 2. The fourth-order valence-corrected chi connectivity index (χ4v) is 9.10. The van der Waals surface area contributed by atoms with Gasteiger partial charge < -0.3 is 4.74 Å². The van der Waals surface area contributed by atoms with E-state index in [4.69, 9.17) is 4.74 Å². The Kier molecular flexibility index (Phi) is 2.88. The number of hydrogen-bond acceptors (Lipinski definition) is 2. The highest BCUT2D eigenvalue weighted by Gasteiger charge is 2.79. The lowest BCUT2D eigenvalue weighted by atomic mass is 9.37. The Morgan fingerprint density at radius 3 is 2.42 bits per heavy atom. The maximum Gasteiger partial charge on any atom is 0.302 e. The molecule has 6 fully saturated rings. The van der Waals surface area contributed by atoms with Crippen LogP contribution in [-0.2, 0) is 9.53 Å². The third-order valence-electron chi connectivity index (χ3n) is 10.3. The lowest BCUT2D eigenvalue weighted by Crippen LogP contribution is -2.61. The molecule has 8 atom stereocenters. The highest BCUT2D eigenvalue weighted by molar-refractivity contribution is 5.65. The van der Waals surface area contributed by atoms with Crippen LogP contribution in [0, 0.1) is 45.3 Å². The van der Waals surface area contributed by atoms with Gasteiger partial charge in [0.05, 0.1) is 6.61 Å². The molecule has 1 spiro atoms. The van der Waals surface area contributed by atoms with Gasteiger partial charge in [0.2, 0.25) is 0 Å². The Morgan fingerprint density at radius 2 is 1.75 bits per heavy atom. The molecule has 4 bridgehead atoms. The van der Waals surface area contributed by atoms with Crippen LogP contribution >= 0.6 is 0 Å². The number of carbonyl (C=O) groups is 1. The lowest BCUT2D eigenvalue weighted by Gasteiger charge is -2.68. The van der Waals surface area contributed by atoms with Gasteiger partial charge in [-0.3, -0.25) is 4.79 Å². The van der Waals surface area contributed by atoms with Gasteiger partial charge in [0.1, 0.15) is 0 Å². The standard InChI is InChI=1S/C22H34O2/c1-14(23)24-13-19(2)8-5-9-21(4)18(19)7-6-15-10-20(3)16-11-22(15,21)12-17(16)20/h15-18H,5-13H2,1-4H3/t15-,16-,17+,18+,19-,20?,21+,22?/m0/s1. The molecule has 24 heavy (non-hydrogen) atoms. The molecule has 6 aliphatic rings. The van der Waals surface area contributed by atoms with Crippen molar-refractivity contribution in [3.8, 4) is 0 Å². The van der Waals surface area contributed by atoms with Crippen LogP contribution in [0.4, 0.5) is 0 Å². The minimum absolute atomic E-state index is 0.106. The van der Waals surface area contributed by atoms with E-state index in [1.54, 1.807) is 6.92 Å². The van der Waals surface area contributed by atoms with Gasteiger partial charge in [0.25, 0.3) is 0 Å². The van der Waals surface area contributed by atoms with Crippen molar-refractivity contribution in [1.82, 2.24) is 0 Å². The quantitative estimate of drug-likeness (QED) is 0.650. The van der Waals surface area contributed by atoms with E-state index in [1.165, 1.54) is 51.4 Å². The van der Waals surface area contributed by atoms with E-state index in [0.717, 1.165) is 29.1 Å². The van der Waals surface area contributed by atoms with E-state index in [2.05, 4.69) is 20.8 Å². The van der Waals surface area contributed by atoms with Gasteiger partial charge in [0.15, 0.2) is 0 Å². The van der Waals surface area contributed by atoms with E-state index in [9.17, 15) is 4.79 Å². The minimum Gasteiger partial charge on any atom is -0.465 e. The topological polar surface area (TPSA) is 26.3 Å². The molecule has 0 N–H and O–H groups in total. The molecule has 0 heterocycles. The third kappa shape index (κ3) is 1.62. The van der Waals surface area contributed by atoms with Crippen molar-refractivity contribution in [1.29, 1.82) is 0 Å². The second-order valence-electron chi connectivity index (χ2n) is 11.0. The van der Waals surface area contributed by atoms with Crippen molar-refractivity contribution in [2.75, 3.05) is 6.61 Å². The molecular weight excluding hydrogens is 296 g/mol. The summed E-state index contributed by atoms with van der Waals surface area (Å²) in [5.74, 6) is 3.72. The van der Waals surface area contributed by atoms with Gasteiger partial charge in [-0.2, -0.15) is 0 Å². The molecule has 0 amide bonds. The van der Waals surface area contributed by atoms with Gasteiger partial charge in [0, 0.05) is 12.3 Å². The van der Waals surface area contributed by atoms with Crippen molar-refractivity contribution >= 4 is 5.97 Å². The number of fused-ring (bicyclic) bond motifs is 1. The fraction of sp³-hybridized carbons (Fsp3) is 0.955. The highest BCUT2D eigenvalue weighted by atomic mass is 16.5. The van der Waals surface area contributed by atoms with Crippen LogP contribution in [0.25, 0.3) is 0 Å². The van der Waals surface area contributed by atoms with Crippen LogP contribution in [0.5, 0.6) is 0 Å². The summed E-state index contributed by atoms with van der Waals surface area (Å²) >= 11 is 0. The molecule has 0 radical (unpaired) electrons. The monoisotopic (exact) mass is 330 g/mol. The molecule has 134 valence electrons. The van der Waals surface area contributed by atoms with Crippen molar-refractivity contribution in [2.24, 2.45) is 45.3 Å². The second kappa shape index (κ2) is 4.41. The maximum atomic E-state index is 11.4. The summed E-state index contributed by atoms with van der Waals surface area (Å²) in [6.45, 7) is 9.88. The van der Waals surface area contributed by atoms with Crippen molar-refractivity contribution in [2.45, 2.75) is 79.1 Å². The Balaban J connectivity index is 1.49. The smallest absolute Gasteiger partial charge is 0.302 e. The summed E-state index contributed by atoms with van der Waals surface area (Å²) in [5, 5.41) is 0. The highest BCUT2D eigenvalue weighted by Crippen LogP contribution is 2.86. The van der Waals surface area contributed by atoms with Crippen LogP contribution in [0.3, 0.4) is 0 Å². The zero-order valence-corrected chi connectivity index (χ0v) is 16.0. The average molecular weight is 331 g/mol. The van der Waals surface area contributed by atoms with Crippen molar-refractivity contribution < 1.29 is 9.53 Å². The number of carbonyl (C=O) groups excluding carboxylic acids is 1. The largest absolute Gasteiger partial charge is 0.465 e. The Morgan fingerprint density at radius 1 is 1.04 bits per heavy atom. The van der Waals surface area contributed by atoms with Crippen molar-refractivity contribution in [3.63, 3.8) is 0 Å². The average Bonchev–Trinajstić information content (AvgIpc) is 2.90. The summed E-state index contributed by atoms with van der Waals surface area (Å²) in [5.41, 5.74) is 2.04. The first kappa shape index (κ1) is 15.7. The lowest BCUT2D eigenvalue weighted by molar-refractivity contribution is -0.202. The minimum atomic E-state index is -0.106. The Bertz CT molecular complexity index is 583. The normalized spacial score (nSPS) is 60.2. The summed E-state index contributed by atoms with van der Waals surface area (Å²) in [6.07, 6.45) is 11.4. The molecule has 0 aromatic carbocycles. The van der Waals surface area contributed by atoms with Gasteiger partial charge in [-0.05, 0) is 84.9 Å². The molecule has 0 aromatic heterocycles. The molecule has 0 aromatic rings. The molecule has 6 rings (SSSR count). The van der Waals surface area contributed by atoms with Crippen LogP contribution < -0.4 is 0 Å². The van der Waals surface area contributed by atoms with Crippen LogP contribution in [0.2, 0.25) is 0 Å². The van der Waals surface area contributed by atoms with Crippen LogP contribution in [0.1, 0.15) is 79.1 Å². The molecule has 0 saturated heterocycles. The molecule has 2 nitrogen and oxygen atoms in total. The van der Waals surface area contributed by atoms with Gasteiger partial charge in [-0.15, -0.1) is 0 Å². The summed E-state index contributed by atoms with van der Waals surface area (Å²) < 4.78 is 5.57. The van der Waals surface area contributed by atoms with Crippen molar-refractivity contribution in [3.05, 3.63) is 0 Å². The predicted octanol–water partition coefficient (Wildman–Crippen LogP) is 5.21. The maximum absolute atomic E-state index is 11.4. The Hall–Kier alpha value is -0.530. The zero-order valence-electron chi connectivity index (χ0n) is 16.0. The van der Waals surface area contributed by atoms with Gasteiger partial charge >= 0.3 is 5.97 Å². The second-order valence-corrected chi connectivity index (χ2v) is 11.0.